The van der Waals surface area contributed by atoms with Gasteiger partial charge < -0.3 is 4.98 Å². The molecule has 0 fully saturated rings. The number of halogens is 4. The number of aromatic nitrogens is 2. The van der Waals surface area contributed by atoms with Gasteiger partial charge in [-0.2, -0.15) is 13.2 Å². The second-order valence-corrected chi connectivity index (χ2v) is 5.77. The Morgan fingerprint density at radius 2 is 1.94 bits per heavy atom. The first kappa shape index (κ1) is 12.2. The molecule has 4 nitrogen and oxygen atoms in total. The highest BCUT2D eigenvalue weighted by atomic mass is 35.7. The van der Waals surface area contributed by atoms with Crippen molar-refractivity contribution in [1.82, 2.24) is 9.97 Å². The Kier molecular flexibility index (Phi) is 2.58. The van der Waals surface area contributed by atoms with Gasteiger partial charge in [0.15, 0.2) is 0 Å². The fourth-order valence-corrected chi connectivity index (χ4v) is 2.16. The first-order chi connectivity index (χ1) is 7.69. The highest BCUT2D eigenvalue weighted by Gasteiger charge is 2.35. The Morgan fingerprint density at radius 3 is 2.47 bits per heavy atom. The zero-order valence-electron chi connectivity index (χ0n) is 7.92. The van der Waals surface area contributed by atoms with E-state index in [0.717, 1.165) is 12.4 Å². The first-order valence-corrected chi connectivity index (χ1v) is 6.49. The minimum absolute atomic E-state index is 0.0425. The van der Waals surface area contributed by atoms with Gasteiger partial charge in [0.25, 0.3) is 9.05 Å². The Balaban J connectivity index is 2.86. The van der Waals surface area contributed by atoms with E-state index in [1.165, 1.54) is 0 Å². The average molecular weight is 285 g/mol. The third-order valence-electron chi connectivity index (χ3n) is 2.08. The van der Waals surface area contributed by atoms with E-state index in [4.69, 9.17) is 10.7 Å². The monoisotopic (exact) mass is 284 g/mol. The van der Waals surface area contributed by atoms with Crippen LogP contribution in [-0.2, 0) is 15.2 Å². The maximum absolute atomic E-state index is 12.7. The van der Waals surface area contributed by atoms with Crippen LogP contribution < -0.4 is 0 Å². The zero-order valence-corrected chi connectivity index (χ0v) is 9.49. The molecule has 0 bridgehead atoms. The van der Waals surface area contributed by atoms with Crippen LogP contribution in [0.2, 0.25) is 0 Å². The summed E-state index contributed by atoms with van der Waals surface area (Å²) in [6.45, 7) is 0. The summed E-state index contributed by atoms with van der Waals surface area (Å²) in [4.78, 5) is 5.28. The van der Waals surface area contributed by atoms with Gasteiger partial charge in [-0.25, -0.2) is 13.4 Å². The molecule has 0 atom stereocenters. The van der Waals surface area contributed by atoms with Crippen molar-refractivity contribution in [3.63, 3.8) is 0 Å². The number of hydrogen-bond donors (Lipinski definition) is 1. The van der Waals surface area contributed by atoms with E-state index in [1.54, 1.807) is 0 Å². The van der Waals surface area contributed by atoms with Crippen LogP contribution in [0.1, 0.15) is 5.56 Å². The third-order valence-corrected chi connectivity index (χ3v) is 3.42. The van der Waals surface area contributed by atoms with E-state index >= 15 is 0 Å². The number of aromatic amines is 1. The molecule has 0 saturated heterocycles. The van der Waals surface area contributed by atoms with Gasteiger partial charge in [0.1, 0.15) is 5.52 Å². The van der Waals surface area contributed by atoms with Crippen molar-refractivity contribution >= 4 is 30.8 Å². The molecule has 17 heavy (non-hydrogen) atoms. The predicted molar refractivity (Wildman–Crippen MR) is 54.1 cm³/mol. The van der Waals surface area contributed by atoms with Crippen LogP contribution in [0.5, 0.6) is 0 Å². The normalized spacial score (nSPS) is 13.2. The molecule has 0 saturated carbocycles. The van der Waals surface area contributed by atoms with Gasteiger partial charge in [-0.3, -0.25) is 0 Å². The lowest BCUT2D eigenvalue weighted by Gasteiger charge is -2.08. The molecule has 0 aliphatic heterocycles. The lowest BCUT2D eigenvalue weighted by Crippen LogP contribution is -2.07. The van der Waals surface area contributed by atoms with Gasteiger partial charge in [-0.15, -0.1) is 0 Å². The molecule has 92 valence electrons. The molecule has 0 unspecified atom stereocenters. The van der Waals surface area contributed by atoms with Gasteiger partial charge in [-0.1, -0.05) is 0 Å². The Labute approximate surface area is 97.8 Å². The van der Waals surface area contributed by atoms with Crippen LogP contribution in [0.15, 0.2) is 23.4 Å². The molecule has 1 aromatic carbocycles. The number of nitrogens with one attached hydrogen (secondary N) is 1. The molecule has 2 aromatic rings. The van der Waals surface area contributed by atoms with Crippen molar-refractivity contribution in [2.75, 3.05) is 0 Å². The molecule has 1 heterocycles. The Hall–Kier alpha value is -1.28. The van der Waals surface area contributed by atoms with Crippen LogP contribution >= 0.6 is 10.7 Å². The zero-order chi connectivity index (χ0) is 12.8. The maximum atomic E-state index is 12.7. The van der Waals surface area contributed by atoms with E-state index in [2.05, 4.69) is 9.97 Å². The van der Waals surface area contributed by atoms with E-state index in [1.807, 2.05) is 0 Å². The summed E-state index contributed by atoms with van der Waals surface area (Å²) in [5, 5.41) is 0. The van der Waals surface area contributed by atoms with Crippen molar-refractivity contribution in [2.24, 2.45) is 0 Å². The molecule has 0 aliphatic carbocycles. The molecule has 0 radical (unpaired) electrons. The van der Waals surface area contributed by atoms with Gasteiger partial charge in [0.05, 0.1) is 22.3 Å². The molecule has 2 rings (SSSR count). The lowest BCUT2D eigenvalue weighted by molar-refractivity contribution is -0.136. The Bertz CT molecular complexity index is 678. The summed E-state index contributed by atoms with van der Waals surface area (Å²) in [6, 6.07) is 1.46. The third kappa shape index (κ3) is 2.22. The molecular formula is C8H4ClF3N2O2S. The number of rotatable bonds is 1. The maximum Gasteiger partial charge on any atom is 0.418 e. The smallest absolute Gasteiger partial charge is 0.345 e. The number of fused-ring (bicyclic) bond motifs is 1. The quantitative estimate of drug-likeness (QED) is 0.819. The van der Waals surface area contributed by atoms with Crippen molar-refractivity contribution < 1.29 is 21.6 Å². The van der Waals surface area contributed by atoms with Crippen LogP contribution in [0.25, 0.3) is 11.0 Å². The minimum atomic E-state index is -4.70. The molecule has 1 N–H and O–H groups in total. The molecule has 0 spiro atoms. The molecule has 9 heteroatoms. The van der Waals surface area contributed by atoms with E-state index in [-0.39, 0.29) is 11.0 Å². The summed E-state index contributed by atoms with van der Waals surface area (Å²) in [7, 11) is 0.788. The van der Waals surface area contributed by atoms with Gasteiger partial charge in [0, 0.05) is 10.7 Å². The van der Waals surface area contributed by atoms with Crippen LogP contribution in [0.3, 0.4) is 0 Å². The summed E-state index contributed by atoms with van der Waals surface area (Å²) in [5.41, 5.74) is -1.53. The fourth-order valence-electron chi connectivity index (χ4n) is 1.38. The van der Waals surface area contributed by atoms with E-state index in [0.29, 0.717) is 6.07 Å². The second kappa shape index (κ2) is 3.61. The van der Waals surface area contributed by atoms with Gasteiger partial charge in [-0.05, 0) is 12.1 Å². The standard InChI is InChI=1S/C8H4ClF3N2O2S/c9-17(15,16)4-1-5(8(10,11)12)7-6(2-4)13-3-14-7/h1-3H,(H,13,14). The molecular weight excluding hydrogens is 281 g/mol. The number of hydrogen-bond acceptors (Lipinski definition) is 3. The highest BCUT2D eigenvalue weighted by Crippen LogP contribution is 2.35. The largest absolute Gasteiger partial charge is 0.418 e. The number of H-pyrrole nitrogens is 1. The summed E-state index contributed by atoms with van der Waals surface area (Å²) >= 11 is 0. The lowest BCUT2D eigenvalue weighted by atomic mass is 10.2. The second-order valence-electron chi connectivity index (χ2n) is 3.21. The summed E-state index contributed by atoms with van der Waals surface area (Å²) in [5.74, 6) is 0. The first-order valence-electron chi connectivity index (χ1n) is 4.18. The molecule has 1 aromatic heterocycles. The number of imidazole rings is 1. The highest BCUT2D eigenvalue weighted by molar-refractivity contribution is 8.13. The molecule has 0 amide bonds. The number of alkyl halides is 3. The fraction of sp³-hybridized carbons (Fsp3) is 0.125. The number of benzene rings is 1. The van der Waals surface area contributed by atoms with Crippen molar-refractivity contribution in [3.8, 4) is 0 Å². The van der Waals surface area contributed by atoms with Crippen LogP contribution in [0, 0.1) is 0 Å². The summed E-state index contributed by atoms with van der Waals surface area (Å²) < 4.78 is 60.1. The number of nitrogens with zero attached hydrogens (tertiary/aromatic N) is 1. The van der Waals surface area contributed by atoms with E-state index < -0.39 is 25.7 Å². The van der Waals surface area contributed by atoms with Crippen molar-refractivity contribution in [3.05, 3.63) is 24.0 Å². The Morgan fingerprint density at radius 1 is 1.29 bits per heavy atom. The van der Waals surface area contributed by atoms with Gasteiger partial charge >= 0.3 is 6.18 Å². The van der Waals surface area contributed by atoms with Gasteiger partial charge in [0.2, 0.25) is 0 Å². The minimum Gasteiger partial charge on any atom is -0.345 e. The van der Waals surface area contributed by atoms with E-state index in [9.17, 15) is 21.6 Å². The average Bonchev–Trinajstić information content (AvgIpc) is 2.59. The van der Waals surface area contributed by atoms with Crippen molar-refractivity contribution in [2.45, 2.75) is 11.1 Å². The van der Waals surface area contributed by atoms with Crippen molar-refractivity contribution in [1.29, 1.82) is 0 Å². The SMILES string of the molecule is O=S(=O)(Cl)c1cc(C(F)(F)F)c2nc[nH]c2c1. The van der Waals surface area contributed by atoms with Crippen LogP contribution in [-0.4, -0.2) is 18.4 Å². The summed E-state index contributed by atoms with van der Waals surface area (Å²) in [6.07, 6.45) is -3.66. The predicted octanol–water partition coefficient (Wildman–Crippen LogP) is 2.51. The topological polar surface area (TPSA) is 62.8 Å². The van der Waals surface area contributed by atoms with Crippen LogP contribution in [0.4, 0.5) is 13.2 Å². The molecule has 0 aliphatic rings.